The summed E-state index contributed by atoms with van der Waals surface area (Å²) in [6.07, 6.45) is 1.93. The fraction of sp³-hybridized carbons (Fsp3) is 0.500. The van der Waals surface area contributed by atoms with Crippen molar-refractivity contribution >= 4 is 17.7 Å². The molecule has 2 atom stereocenters. The highest BCUT2D eigenvalue weighted by atomic mass is 16.5. The summed E-state index contributed by atoms with van der Waals surface area (Å²) < 4.78 is 5.50. The average molecular weight is 330 g/mol. The van der Waals surface area contributed by atoms with Gasteiger partial charge >= 0.3 is 0 Å². The van der Waals surface area contributed by atoms with E-state index in [0.717, 1.165) is 17.7 Å². The van der Waals surface area contributed by atoms with Crippen LogP contribution < -0.4 is 5.32 Å². The van der Waals surface area contributed by atoms with Gasteiger partial charge in [0, 0.05) is 13.2 Å². The monoisotopic (exact) mass is 330 g/mol. The van der Waals surface area contributed by atoms with E-state index in [1.807, 2.05) is 13.8 Å². The fourth-order valence-corrected chi connectivity index (χ4v) is 3.30. The van der Waals surface area contributed by atoms with Gasteiger partial charge in [-0.3, -0.25) is 19.3 Å². The molecular formula is C18H22N2O4. The topological polar surface area (TPSA) is 75.7 Å². The van der Waals surface area contributed by atoms with E-state index in [2.05, 4.69) is 5.32 Å². The minimum atomic E-state index is -0.821. The molecule has 0 aromatic heterocycles. The van der Waals surface area contributed by atoms with Crippen LogP contribution in [0.15, 0.2) is 24.3 Å². The molecule has 1 fully saturated rings. The van der Waals surface area contributed by atoms with Crippen LogP contribution >= 0.6 is 0 Å². The largest absolute Gasteiger partial charge is 0.376 e. The van der Waals surface area contributed by atoms with E-state index >= 15 is 0 Å². The summed E-state index contributed by atoms with van der Waals surface area (Å²) in [5.74, 6) is -1.30. The van der Waals surface area contributed by atoms with Crippen LogP contribution in [0.1, 0.15) is 47.4 Å². The van der Waals surface area contributed by atoms with Crippen molar-refractivity contribution in [2.45, 2.75) is 38.8 Å². The molecule has 0 saturated carbocycles. The molecule has 0 aliphatic carbocycles. The molecule has 1 saturated heterocycles. The van der Waals surface area contributed by atoms with Crippen molar-refractivity contribution in [2.24, 2.45) is 5.92 Å². The van der Waals surface area contributed by atoms with Gasteiger partial charge < -0.3 is 10.1 Å². The Morgan fingerprint density at radius 1 is 1.25 bits per heavy atom. The predicted molar refractivity (Wildman–Crippen MR) is 87.6 cm³/mol. The Morgan fingerprint density at radius 3 is 2.38 bits per heavy atom. The van der Waals surface area contributed by atoms with Gasteiger partial charge in [-0.2, -0.15) is 0 Å². The first-order valence-corrected chi connectivity index (χ1v) is 8.37. The van der Waals surface area contributed by atoms with Crippen LogP contribution in [0.3, 0.4) is 0 Å². The number of nitrogens with one attached hydrogen (secondary N) is 1. The van der Waals surface area contributed by atoms with E-state index in [-0.39, 0.29) is 17.9 Å². The minimum absolute atomic E-state index is 0.0175. The second-order valence-electron chi connectivity index (χ2n) is 6.59. The Morgan fingerprint density at radius 2 is 1.88 bits per heavy atom. The summed E-state index contributed by atoms with van der Waals surface area (Å²) in [6, 6.07) is 5.86. The first-order valence-electron chi connectivity index (χ1n) is 8.37. The van der Waals surface area contributed by atoms with Gasteiger partial charge in [0.2, 0.25) is 5.91 Å². The normalized spacial score (nSPS) is 21.3. The van der Waals surface area contributed by atoms with Crippen LogP contribution in [0.2, 0.25) is 0 Å². The molecule has 1 aromatic carbocycles. The number of rotatable bonds is 5. The lowest BCUT2D eigenvalue weighted by Gasteiger charge is -2.28. The van der Waals surface area contributed by atoms with E-state index in [0.29, 0.717) is 24.3 Å². The maximum Gasteiger partial charge on any atom is 0.262 e. The third-order valence-corrected chi connectivity index (χ3v) is 4.53. The molecule has 3 amide bonds. The molecule has 3 rings (SSSR count). The van der Waals surface area contributed by atoms with Crippen LogP contribution in [0.5, 0.6) is 0 Å². The first kappa shape index (κ1) is 16.6. The van der Waals surface area contributed by atoms with E-state index in [1.54, 1.807) is 24.3 Å². The molecule has 0 bridgehead atoms. The highest BCUT2D eigenvalue weighted by Gasteiger charge is 2.43. The zero-order valence-electron chi connectivity index (χ0n) is 14.0. The Bertz CT molecular complexity index is 630. The second kappa shape index (κ2) is 6.73. The number of hydrogen-bond donors (Lipinski definition) is 1. The SMILES string of the molecule is CC(C)[C@@H](C(=O)NC[C@H]1CCCO1)N1C(=O)c2ccccc2C1=O. The number of ether oxygens (including phenoxy) is 1. The van der Waals surface area contributed by atoms with Gasteiger partial charge in [0.1, 0.15) is 6.04 Å². The molecule has 6 nitrogen and oxygen atoms in total. The Balaban J connectivity index is 1.77. The summed E-state index contributed by atoms with van der Waals surface area (Å²) in [7, 11) is 0. The highest BCUT2D eigenvalue weighted by Crippen LogP contribution is 2.27. The molecular weight excluding hydrogens is 308 g/mol. The lowest BCUT2D eigenvalue weighted by Crippen LogP contribution is -2.53. The number of fused-ring (bicyclic) bond motifs is 1. The van der Waals surface area contributed by atoms with Crippen LogP contribution in [0.25, 0.3) is 0 Å². The van der Waals surface area contributed by atoms with Gasteiger partial charge in [-0.1, -0.05) is 26.0 Å². The predicted octanol–water partition coefficient (Wildman–Crippen LogP) is 1.60. The first-order chi connectivity index (χ1) is 11.5. The van der Waals surface area contributed by atoms with Crippen LogP contribution in [0, 0.1) is 5.92 Å². The van der Waals surface area contributed by atoms with E-state index in [9.17, 15) is 14.4 Å². The van der Waals surface area contributed by atoms with Crippen molar-refractivity contribution in [1.29, 1.82) is 0 Å². The number of amides is 3. The minimum Gasteiger partial charge on any atom is -0.376 e. The lowest BCUT2D eigenvalue weighted by molar-refractivity contribution is -0.126. The highest BCUT2D eigenvalue weighted by molar-refractivity contribution is 6.22. The van der Waals surface area contributed by atoms with Crippen molar-refractivity contribution < 1.29 is 19.1 Å². The summed E-state index contributed by atoms with van der Waals surface area (Å²) in [4.78, 5) is 39.0. The molecule has 0 unspecified atom stereocenters. The summed E-state index contributed by atoms with van der Waals surface area (Å²) in [5.41, 5.74) is 0.722. The van der Waals surface area contributed by atoms with Gasteiger partial charge in [0.15, 0.2) is 0 Å². The fourth-order valence-electron chi connectivity index (χ4n) is 3.30. The van der Waals surface area contributed by atoms with Gasteiger partial charge in [-0.05, 0) is 30.9 Å². The standard InChI is InChI=1S/C18H22N2O4/c1-11(2)15(16(21)19-10-12-6-5-9-24-12)20-17(22)13-7-3-4-8-14(13)18(20)23/h3-4,7-8,11-12,15H,5-6,9-10H2,1-2H3,(H,19,21)/t12-,15+/m1/s1. The molecule has 1 N–H and O–H groups in total. The van der Waals surface area contributed by atoms with Crippen molar-refractivity contribution in [3.8, 4) is 0 Å². The maximum atomic E-state index is 12.7. The number of carbonyl (C=O) groups is 3. The van der Waals surface area contributed by atoms with E-state index in [1.165, 1.54) is 0 Å². The molecule has 6 heteroatoms. The molecule has 24 heavy (non-hydrogen) atoms. The van der Waals surface area contributed by atoms with E-state index < -0.39 is 17.9 Å². The summed E-state index contributed by atoms with van der Waals surface area (Å²) in [6.45, 7) is 4.79. The molecule has 2 aliphatic rings. The number of imide groups is 1. The number of carbonyl (C=O) groups excluding carboxylic acids is 3. The van der Waals surface area contributed by atoms with Crippen LogP contribution in [-0.4, -0.2) is 47.9 Å². The van der Waals surface area contributed by atoms with Crippen LogP contribution in [0.4, 0.5) is 0 Å². The number of benzene rings is 1. The maximum absolute atomic E-state index is 12.7. The molecule has 0 spiro atoms. The average Bonchev–Trinajstić information content (AvgIpc) is 3.16. The molecule has 0 radical (unpaired) electrons. The van der Waals surface area contributed by atoms with Gasteiger partial charge in [-0.15, -0.1) is 0 Å². The number of nitrogens with zero attached hydrogens (tertiary/aromatic N) is 1. The second-order valence-corrected chi connectivity index (χ2v) is 6.59. The van der Waals surface area contributed by atoms with Gasteiger partial charge in [-0.25, -0.2) is 0 Å². The lowest BCUT2D eigenvalue weighted by atomic mass is 10.0. The summed E-state index contributed by atoms with van der Waals surface area (Å²) >= 11 is 0. The smallest absolute Gasteiger partial charge is 0.262 e. The summed E-state index contributed by atoms with van der Waals surface area (Å²) in [5, 5.41) is 2.84. The van der Waals surface area contributed by atoms with Crippen molar-refractivity contribution in [3.05, 3.63) is 35.4 Å². The van der Waals surface area contributed by atoms with Crippen molar-refractivity contribution in [2.75, 3.05) is 13.2 Å². The van der Waals surface area contributed by atoms with Gasteiger partial charge in [0.05, 0.1) is 17.2 Å². The molecule has 2 aliphatic heterocycles. The Kier molecular flexibility index (Phi) is 4.66. The zero-order chi connectivity index (χ0) is 17.3. The van der Waals surface area contributed by atoms with E-state index in [4.69, 9.17) is 4.74 Å². The molecule has 2 heterocycles. The van der Waals surface area contributed by atoms with Gasteiger partial charge in [0.25, 0.3) is 11.8 Å². The third-order valence-electron chi connectivity index (χ3n) is 4.53. The van der Waals surface area contributed by atoms with Crippen LogP contribution in [-0.2, 0) is 9.53 Å². The zero-order valence-corrected chi connectivity index (χ0v) is 14.0. The number of hydrogen-bond acceptors (Lipinski definition) is 4. The Labute approximate surface area is 141 Å². The Hall–Kier alpha value is -2.21. The third kappa shape index (κ3) is 2.94. The quantitative estimate of drug-likeness (QED) is 0.832. The van der Waals surface area contributed by atoms with Crippen molar-refractivity contribution in [3.63, 3.8) is 0 Å². The van der Waals surface area contributed by atoms with Crippen molar-refractivity contribution in [1.82, 2.24) is 10.2 Å². The molecule has 1 aromatic rings. The molecule has 128 valence electrons.